The molecule has 36 heavy (non-hydrogen) atoms. The second kappa shape index (κ2) is 19.2. The van der Waals surface area contributed by atoms with E-state index in [0.29, 0.717) is 52.7 Å². The molecule has 0 aromatic heterocycles. The van der Waals surface area contributed by atoms with Crippen molar-refractivity contribution < 1.29 is 39.3 Å². The predicted molar refractivity (Wildman–Crippen MR) is 151 cm³/mol. The van der Waals surface area contributed by atoms with Gasteiger partial charge in [-0.1, -0.05) is 88.6 Å². The maximum Gasteiger partial charge on any atom is 1.00 e. The van der Waals surface area contributed by atoms with Gasteiger partial charge in [-0.3, -0.25) is 4.79 Å². The van der Waals surface area contributed by atoms with Gasteiger partial charge in [0, 0.05) is 12.1 Å². The fraction of sp³-hybridized carbons (Fsp3) is 0.536. The summed E-state index contributed by atoms with van der Waals surface area (Å²) in [4.78, 5) is 13.3. The van der Waals surface area contributed by atoms with Crippen LogP contribution in [0.25, 0.3) is 0 Å². The van der Waals surface area contributed by atoms with E-state index in [1.165, 1.54) is 0 Å². The Labute approximate surface area is 242 Å². The van der Waals surface area contributed by atoms with Crippen LogP contribution in [0.5, 0.6) is 17.2 Å². The van der Waals surface area contributed by atoms with E-state index in [2.05, 4.69) is 20.8 Å². The Kier molecular flexibility index (Phi) is 17.7. The third kappa shape index (κ3) is 11.2. The number of hydrogen-bond acceptors (Lipinski definition) is 4. The zero-order valence-electron chi connectivity index (χ0n) is 23.3. The number of ether oxygens (including phenoxy) is 3. The molecule has 0 amide bonds. The summed E-state index contributed by atoms with van der Waals surface area (Å²) in [5.41, 5.74) is 0.192. The number of unbranched alkanes of at least 4 members (excludes halogenated alkanes) is 6. The molecule has 0 aliphatic carbocycles. The van der Waals surface area contributed by atoms with Crippen LogP contribution >= 0.6 is 31.8 Å². The van der Waals surface area contributed by atoms with E-state index in [-0.39, 0.29) is 34.4 Å². The molecular formula is C28H40Cl2LiO4P. The van der Waals surface area contributed by atoms with Crippen molar-refractivity contribution in [1.82, 2.24) is 0 Å². The Morgan fingerprint density at radius 1 is 0.778 bits per heavy atom. The summed E-state index contributed by atoms with van der Waals surface area (Å²) in [5.74, 6) is 1.97. The fourth-order valence-electron chi connectivity index (χ4n) is 3.50. The summed E-state index contributed by atoms with van der Waals surface area (Å²) in [6, 6.07) is 8.88. The van der Waals surface area contributed by atoms with Crippen LogP contribution in [-0.2, 0) is 0 Å². The molecule has 196 valence electrons. The van der Waals surface area contributed by atoms with Crippen LogP contribution in [-0.4, -0.2) is 25.3 Å². The van der Waals surface area contributed by atoms with Crippen LogP contribution in [0.2, 0.25) is 10.0 Å². The molecule has 8 heteroatoms. The Morgan fingerprint density at radius 3 is 1.67 bits per heavy atom. The molecule has 1 unspecified atom stereocenters. The number of halogens is 2. The first-order chi connectivity index (χ1) is 17.0. The number of carbonyl (C=O) groups excluding carboxylic acids is 1. The second-order valence-electron chi connectivity index (χ2n) is 8.51. The third-order valence-electron chi connectivity index (χ3n) is 5.50. The van der Waals surface area contributed by atoms with Crippen molar-refractivity contribution in [1.29, 1.82) is 0 Å². The summed E-state index contributed by atoms with van der Waals surface area (Å²) in [7, 11) is -0.244. The van der Waals surface area contributed by atoms with Crippen molar-refractivity contribution in [2.45, 2.75) is 78.6 Å². The normalized spacial score (nSPS) is 10.9. The van der Waals surface area contributed by atoms with Crippen LogP contribution in [0.4, 0.5) is 0 Å². The fourth-order valence-corrected chi connectivity index (χ4v) is 5.39. The van der Waals surface area contributed by atoms with Crippen LogP contribution in [0.1, 0.15) is 90.3 Å². The molecule has 4 nitrogen and oxygen atoms in total. The molecule has 2 aromatic rings. The monoisotopic (exact) mass is 548 g/mol. The molecule has 1 atom stereocenters. The van der Waals surface area contributed by atoms with Crippen molar-refractivity contribution in [2.75, 3.05) is 19.8 Å². The molecule has 0 bridgehead atoms. The zero-order valence-corrected chi connectivity index (χ0v) is 24.8. The molecule has 2 aromatic carbocycles. The van der Waals surface area contributed by atoms with Gasteiger partial charge in [-0.25, -0.2) is 0 Å². The van der Waals surface area contributed by atoms with E-state index in [4.69, 9.17) is 37.4 Å². The SMILES string of the molecule is CCCCCOc1cc(OCCCCC)c(PC(=O)c2c(Cl)cccc2Cl)c(OCCCCC)c1.[H-].[Li+]. The Bertz CT molecular complexity index is 880. The van der Waals surface area contributed by atoms with E-state index in [1.807, 2.05) is 12.1 Å². The quantitative estimate of drug-likeness (QED) is 0.131. The number of rotatable bonds is 18. The van der Waals surface area contributed by atoms with Crippen molar-refractivity contribution in [3.63, 3.8) is 0 Å². The minimum atomic E-state index is -0.244. The third-order valence-corrected chi connectivity index (χ3v) is 7.35. The van der Waals surface area contributed by atoms with Crippen LogP contribution < -0.4 is 38.4 Å². The molecule has 0 saturated carbocycles. The van der Waals surface area contributed by atoms with Crippen LogP contribution in [0.3, 0.4) is 0 Å². The average molecular weight is 549 g/mol. The van der Waals surface area contributed by atoms with E-state index in [9.17, 15) is 4.79 Å². The maximum atomic E-state index is 13.3. The predicted octanol–water partition coefficient (Wildman–Crippen LogP) is 5.96. The van der Waals surface area contributed by atoms with Gasteiger partial charge in [0.25, 0.3) is 0 Å². The van der Waals surface area contributed by atoms with Crippen molar-refractivity contribution in [3.05, 3.63) is 45.9 Å². The van der Waals surface area contributed by atoms with Gasteiger partial charge in [0.15, 0.2) is 5.52 Å². The summed E-state index contributed by atoms with van der Waals surface area (Å²) in [5, 5.41) is 1.43. The molecule has 2 rings (SSSR count). The zero-order chi connectivity index (χ0) is 25.5. The molecule has 0 fully saturated rings. The van der Waals surface area contributed by atoms with Gasteiger partial charge in [0.2, 0.25) is 0 Å². The van der Waals surface area contributed by atoms with E-state index in [0.717, 1.165) is 63.1 Å². The molecule has 0 radical (unpaired) electrons. The molecule has 0 heterocycles. The second-order valence-corrected chi connectivity index (χ2v) is 10.5. The largest absolute Gasteiger partial charge is 1.00 e. The van der Waals surface area contributed by atoms with Crippen molar-refractivity contribution >= 4 is 42.6 Å². The summed E-state index contributed by atoms with van der Waals surface area (Å²) in [6.45, 7) is 8.26. The number of hydrogen-bond donors (Lipinski definition) is 0. The molecule has 0 aliphatic heterocycles. The molecule has 0 spiro atoms. The summed E-state index contributed by atoms with van der Waals surface area (Å²) < 4.78 is 18.4. The Balaban J connectivity index is 0.00000648. The molecular weight excluding hydrogens is 509 g/mol. The first kappa shape index (κ1) is 33.1. The standard InChI is InChI=1S/C28H39Cl2O4P.Li.H/c1-4-7-10-16-32-21-19-24(33-17-11-8-5-2)27(25(20-21)34-18-12-9-6-3)35-28(31)26-22(29)14-13-15-23(26)30;;/h13-15,19-20,35H,4-12,16-18H2,1-3H3;;/q;+1;-1. The smallest absolute Gasteiger partial charge is 1.00 e. The van der Waals surface area contributed by atoms with Gasteiger partial charge >= 0.3 is 18.9 Å². The minimum absolute atomic E-state index is 0. The van der Waals surface area contributed by atoms with E-state index in [1.54, 1.807) is 18.2 Å². The minimum Gasteiger partial charge on any atom is -1.00 e. The van der Waals surface area contributed by atoms with E-state index >= 15 is 0 Å². The summed E-state index contributed by atoms with van der Waals surface area (Å²) >= 11 is 12.7. The maximum absolute atomic E-state index is 13.3. The first-order valence-electron chi connectivity index (χ1n) is 12.8. The molecule has 0 saturated heterocycles. The topological polar surface area (TPSA) is 44.8 Å². The van der Waals surface area contributed by atoms with Gasteiger partial charge in [-0.2, -0.15) is 0 Å². The van der Waals surface area contributed by atoms with Crippen molar-refractivity contribution in [2.24, 2.45) is 0 Å². The molecule has 0 N–H and O–H groups in total. The van der Waals surface area contributed by atoms with Gasteiger partial charge in [-0.05, 0) is 40.0 Å². The number of benzene rings is 2. The Hall–Kier alpha value is -0.883. The Morgan fingerprint density at radius 2 is 1.22 bits per heavy atom. The number of carbonyl (C=O) groups is 1. The average Bonchev–Trinajstić information content (AvgIpc) is 2.84. The first-order valence-corrected chi connectivity index (χ1v) is 14.6. The van der Waals surface area contributed by atoms with Gasteiger partial charge in [0.1, 0.15) is 17.2 Å². The van der Waals surface area contributed by atoms with Gasteiger partial charge < -0.3 is 15.6 Å². The van der Waals surface area contributed by atoms with Crippen LogP contribution in [0, 0.1) is 0 Å². The van der Waals surface area contributed by atoms with Gasteiger partial charge in [0.05, 0.1) is 40.7 Å². The van der Waals surface area contributed by atoms with E-state index < -0.39 is 0 Å². The molecule has 0 aliphatic rings. The van der Waals surface area contributed by atoms with Crippen LogP contribution in [0.15, 0.2) is 30.3 Å². The summed E-state index contributed by atoms with van der Waals surface area (Å²) in [6.07, 6.45) is 9.50. The van der Waals surface area contributed by atoms with Gasteiger partial charge in [-0.15, -0.1) is 0 Å². The van der Waals surface area contributed by atoms with Crippen molar-refractivity contribution in [3.8, 4) is 17.2 Å².